The van der Waals surface area contributed by atoms with E-state index in [1.165, 1.54) is 30.3 Å². The summed E-state index contributed by atoms with van der Waals surface area (Å²) in [5, 5.41) is 2.70. The first kappa shape index (κ1) is 13.6. The van der Waals surface area contributed by atoms with E-state index in [4.69, 9.17) is 16.3 Å². The van der Waals surface area contributed by atoms with Crippen LogP contribution in [0.5, 0.6) is 5.75 Å². The number of halogens is 2. The van der Waals surface area contributed by atoms with E-state index in [0.717, 1.165) is 0 Å². The van der Waals surface area contributed by atoms with Crippen molar-refractivity contribution >= 4 is 29.0 Å². The average molecular weight is 306 g/mol. The van der Waals surface area contributed by atoms with E-state index in [1.54, 1.807) is 6.07 Å². The second kappa shape index (κ2) is 5.18. The lowest BCUT2D eigenvalue weighted by molar-refractivity contribution is -0.118. The first-order chi connectivity index (χ1) is 10.1. The summed E-state index contributed by atoms with van der Waals surface area (Å²) in [6, 6.07) is 8.48. The zero-order chi connectivity index (χ0) is 15.0. The minimum absolute atomic E-state index is 0.0702. The van der Waals surface area contributed by atoms with Gasteiger partial charge in [0.1, 0.15) is 11.6 Å². The van der Waals surface area contributed by atoms with Gasteiger partial charge in [-0.15, -0.1) is 0 Å². The van der Waals surface area contributed by atoms with Gasteiger partial charge in [-0.25, -0.2) is 4.39 Å². The van der Waals surface area contributed by atoms with Crippen LogP contribution in [0.2, 0.25) is 5.02 Å². The number of rotatable bonds is 2. The number of nitrogens with one attached hydrogen (secondary N) is 1. The number of hydrogen-bond acceptors (Lipinski definition) is 3. The van der Waals surface area contributed by atoms with Crippen LogP contribution in [0.15, 0.2) is 36.4 Å². The maximum Gasteiger partial charge on any atom is 0.262 e. The Hall–Kier alpha value is -2.40. The fraction of sp³-hybridized carbons (Fsp3) is 0.0667. The first-order valence-electron chi connectivity index (χ1n) is 6.11. The van der Waals surface area contributed by atoms with Crippen LogP contribution >= 0.6 is 11.6 Å². The molecule has 1 heterocycles. The Morgan fingerprint density at radius 3 is 2.76 bits per heavy atom. The third-order valence-corrected chi connectivity index (χ3v) is 3.38. The minimum Gasteiger partial charge on any atom is -0.482 e. The summed E-state index contributed by atoms with van der Waals surface area (Å²) in [4.78, 5) is 23.6. The van der Waals surface area contributed by atoms with Gasteiger partial charge in [-0.05, 0) is 24.3 Å². The summed E-state index contributed by atoms with van der Waals surface area (Å²) in [6.45, 7) is -0.137. The predicted octanol–water partition coefficient (Wildman–Crippen LogP) is 3.04. The summed E-state index contributed by atoms with van der Waals surface area (Å²) in [7, 11) is 0. The van der Waals surface area contributed by atoms with Gasteiger partial charge in [0.2, 0.25) is 0 Å². The van der Waals surface area contributed by atoms with Crippen molar-refractivity contribution in [3.63, 3.8) is 0 Å². The van der Waals surface area contributed by atoms with Crippen molar-refractivity contribution < 1.29 is 18.7 Å². The van der Waals surface area contributed by atoms with E-state index in [-0.39, 0.29) is 28.7 Å². The van der Waals surface area contributed by atoms with E-state index in [1.807, 2.05) is 0 Å². The summed E-state index contributed by atoms with van der Waals surface area (Å²) < 4.78 is 18.9. The average Bonchev–Trinajstić information content (AvgIpc) is 2.46. The highest BCUT2D eigenvalue weighted by Crippen LogP contribution is 2.34. The molecule has 4 nitrogen and oxygen atoms in total. The molecule has 0 saturated carbocycles. The molecule has 0 unspecified atom stereocenters. The van der Waals surface area contributed by atoms with Crippen molar-refractivity contribution in [3.8, 4) is 5.75 Å². The van der Waals surface area contributed by atoms with Gasteiger partial charge in [0, 0.05) is 5.56 Å². The summed E-state index contributed by atoms with van der Waals surface area (Å²) in [5.74, 6) is -1.13. The van der Waals surface area contributed by atoms with Gasteiger partial charge < -0.3 is 10.1 Å². The smallest absolute Gasteiger partial charge is 0.262 e. The van der Waals surface area contributed by atoms with Crippen LogP contribution in [0.1, 0.15) is 15.9 Å². The van der Waals surface area contributed by atoms with E-state index in [9.17, 15) is 14.0 Å². The van der Waals surface area contributed by atoms with Crippen molar-refractivity contribution in [3.05, 3.63) is 58.4 Å². The molecule has 6 heteroatoms. The molecule has 2 aromatic carbocycles. The maximum absolute atomic E-state index is 13.7. The molecule has 0 fully saturated rings. The number of hydrogen-bond donors (Lipinski definition) is 1. The Morgan fingerprint density at radius 1 is 1.24 bits per heavy atom. The standard InChI is InChI=1S/C15H9ClFNO3/c16-10-6-12-13(21-7-14(19)18-12)5-9(10)15(20)8-3-1-2-4-11(8)17/h1-6H,7H2,(H,18,19). The first-order valence-corrected chi connectivity index (χ1v) is 6.49. The molecule has 1 N–H and O–H groups in total. The summed E-state index contributed by atoms with van der Waals surface area (Å²) >= 11 is 6.06. The van der Waals surface area contributed by atoms with Crippen LogP contribution in [0.4, 0.5) is 10.1 Å². The Labute approximate surface area is 124 Å². The van der Waals surface area contributed by atoms with Crippen LogP contribution in [0, 0.1) is 5.82 Å². The van der Waals surface area contributed by atoms with Crippen molar-refractivity contribution in [2.75, 3.05) is 11.9 Å². The molecule has 21 heavy (non-hydrogen) atoms. The SMILES string of the molecule is O=C1COc2cc(C(=O)c3ccccc3F)c(Cl)cc2N1. The number of carbonyl (C=O) groups is 2. The lowest BCUT2D eigenvalue weighted by Crippen LogP contribution is -2.25. The van der Waals surface area contributed by atoms with Crippen LogP contribution in [-0.4, -0.2) is 18.3 Å². The van der Waals surface area contributed by atoms with Gasteiger partial charge in [-0.3, -0.25) is 9.59 Å². The quantitative estimate of drug-likeness (QED) is 0.868. The second-order valence-electron chi connectivity index (χ2n) is 4.47. The molecule has 0 aromatic heterocycles. The van der Waals surface area contributed by atoms with Gasteiger partial charge in [0.05, 0.1) is 16.3 Å². The Balaban J connectivity index is 2.05. The molecular weight excluding hydrogens is 297 g/mol. The molecule has 3 rings (SSSR count). The Bertz CT molecular complexity index is 761. The van der Waals surface area contributed by atoms with E-state index < -0.39 is 11.6 Å². The molecule has 0 atom stereocenters. The molecule has 106 valence electrons. The summed E-state index contributed by atoms with van der Waals surface area (Å²) in [5.41, 5.74) is 0.442. The molecule has 1 aliphatic heterocycles. The molecule has 0 spiro atoms. The van der Waals surface area contributed by atoms with Crippen LogP contribution in [0.3, 0.4) is 0 Å². The number of carbonyl (C=O) groups excluding carboxylic acids is 2. The molecular formula is C15H9ClFNO3. The minimum atomic E-state index is -0.620. The molecule has 1 amide bonds. The number of amides is 1. The van der Waals surface area contributed by atoms with E-state index in [0.29, 0.717) is 11.4 Å². The highest BCUT2D eigenvalue weighted by molar-refractivity contribution is 6.35. The highest BCUT2D eigenvalue weighted by Gasteiger charge is 2.22. The number of anilines is 1. The van der Waals surface area contributed by atoms with Crippen molar-refractivity contribution in [1.29, 1.82) is 0 Å². The molecule has 0 aliphatic carbocycles. The number of ketones is 1. The second-order valence-corrected chi connectivity index (χ2v) is 4.88. The van der Waals surface area contributed by atoms with Gasteiger partial charge in [-0.2, -0.15) is 0 Å². The number of benzene rings is 2. The lowest BCUT2D eigenvalue weighted by atomic mass is 10.0. The fourth-order valence-electron chi connectivity index (χ4n) is 2.06. The molecule has 0 radical (unpaired) electrons. The van der Waals surface area contributed by atoms with Crippen molar-refractivity contribution in [2.45, 2.75) is 0 Å². The zero-order valence-electron chi connectivity index (χ0n) is 10.7. The summed E-state index contributed by atoms with van der Waals surface area (Å²) in [6.07, 6.45) is 0. The van der Waals surface area contributed by atoms with E-state index in [2.05, 4.69) is 5.32 Å². The van der Waals surface area contributed by atoms with Gasteiger partial charge >= 0.3 is 0 Å². The van der Waals surface area contributed by atoms with Crippen molar-refractivity contribution in [1.82, 2.24) is 0 Å². The van der Waals surface area contributed by atoms with Gasteiger partial charge in [-0.1, -0.05) is 23.7 Å². The molecule has 1 aliphatic rings. The molecule has 2 aromatic rings. The highest BCUT2D eigenvalue weighted by atomic mass is 35.5. The third kappa shape index (κ3) is 2.48. The van der Waals surface area contributed by atoms with E-state index >= 15 is 0 Å². The fourth-order valence-corrected chi connectivity index (χ4v) is 2.31. The zero-order valence-corrected chi connectivity index (χ0v) is 11.4. The van der Waals surface area contributed by atoms with Crippen LogP contribution in [0.25, 0.3) is 0 Å². The normalized spacial score (nSPS) is 13.1. The number of fused-ring (bicyclic) bond motifs is 1. The topological polar surface area (TPSA) is 55.4 Å². The van der Waals surface area contributed by atoms with Crippen LogP contribution in [-0.2, 0) is 4.79 Å². The number of ether oxygens (including phenoxy) is 1. The largest absolute Gasteiger partial charge is 0.482 e. The molecule has 0 bridgehead atoms. The Kier molecular flexibility index (Phi) is 3.35. The van der Waals surface area contributed by atoms with Gasteiger partial charge in [0.25, 0.3) is 5.91 Å². The molecule has 0 saturated heterocycles. The monoisotopic (exact) mass is 305 g/mol. The maximum atomic E-state index is 13.7. The van der Waals surface area contributed by atoms with Crippen molar-refractivity contribution in [2.24, 2.45) is 0 Å². The predicted molar refractivity (Wildman–Crippen MR) is 75.4 cm³/mol. The Morgan fingerprint density at radius 2 is 2.00 bits per heavy atom. The van der Waals surface area contributed by atoms with Gasteiger partial charge in [0.15, 0.2) is 12.4 Å². The lowest BCUT2D eigenvalue weighted by Gasteiger charge is -2.19. The van der Waals surface area contributed by atoms with Crippen LogP contribution < -0.4 is 10.1 Å². The third-order valence-electron chi connectivity index (χ3n) is 3.07.